The van der Waals surface area contributed by atoms with Crippen LogP contribution in [0.25, 0.3) is 0 Å². The van der Waals surface area contributed by atoms with E-state index in [0.29, 0.717) is 5.41 Å². The Morgan fingerprint density at radius 1 is 1.05 bits per heavy atom. The predicted molar refractivity (Wildman–Crippen MR) is 88.6 cm³/mol. The average molecular weight is 287 g/mol. The second-order valence-corrected chi connectivity index (χ2v) is 7.09. The minimum atomic E-state index is 0.506. The van der Waals surface area contributed by atoms with Crippen LogP contribution in [0.3, 0.4) is 0 Å². The Kier molecular flexibility index (Phi) is 4.94. The van der Waals surface area contributed by atoms with Crippen molar-refractivity contribution in [3.05, 3.63) is 35.9 Å². The van der Waals surface area contributed by atoms with E-state index in [4.69, 9.17) is 0 Å². The van der Waals surface area contributed by atoms with Crippen LogP contribution in [0.15, 0.2) is 30.3 Å². The van der Waals surface area contributed by atoms with Gasteiger partial charge in [0.1, 0.15) is 0 Å². The van der Waals surface area contributed by atoms with Gasteiger partial charge in [-0.3, -0.25) is 0 Å². The van der Waals surface area contributed by atoms with Crippen molar-refractivity contribution in [1.82, 2.24) is 15.1 Å². The predicted octanol–water partition coefficient (Wildman–Crippen LogP) is 1.85. The summed E-state index contributed by atoms with van der Waals surface area (Å²) >= 11 is 0. The van der Waals surface area contributed by atoms with E-state index in [2.05, 4.69) is 52.4 Å². The fourth-order valence-corrected chi connectivity index (χ4v) is 3.65. The molecule has 3 nitrogen and oxygen atoms in total. The first kappa shape index (κ1) is 15.0. The molecule has 2 saturated heterocycles. The van der Waals surface area contributed by atoms with Gasteiger partial charge in [0.15, 0.2) is 0 Å². The first-order valence-electron chi connectivity index (χ1n) is 8.43. The Hall–Kier alpha value is -0.900. The Morgan fingerprint density at radius 3 is 2.43 bits per heavy atom. The summed E-state index contributed by atoms with van der Waals surface area (Å²) in [6.07, 6.45) is 2.52. The number of hydrogen-bond acceptors (Lipinski definition) is 3. The van der Waals surface area contributed by atoms with E-state index in [-0.39, 0.29) is 0 Å². The lowest BCUT2D eigenvalue weighted by Crippen LogP contribution is -2.50. The Balaban J connectivity index is 1.39. The molecule has 3 rings (SSSR count). The molecule has 1 atom stereocenters. The summed E-state index contributed by atoms with van der Waals surface area (Å²) in [5.41, 5.74) is 1.97. The van der Waals surface area contributed by atoms with Crippen LogP contribution < -0.4 is 5.32 Å². The van der Waals surface area contributed by atoms with Crippen molar-refractivity contribution < 1.29 is 0 Å². The fourth-order valence-electron chi connectivity index (χ4n) is 3.65. The van der Waals surface area contributed by atoms with Gasteiger partial charge in [-0.1, -0.05) is 37.3 Å². The number of rotatable bonds is 5. The number of nitrogens with zero attached hydrogens (tertiary/aromatic N) is 2. The lowest BCUT2D eigenvalue weighted by atomic mass is 9.89. The molecule has 0 spiro atoms. The maximum Gasteiger partial charge on any atom is 0.0110 e. The minimum Gasteiger partial charge on any atom is -0.316 e. The summed E-state index contributed by atoms with van der Waals surface area (Å²) in [5, 5.41) is 3.51. The van der Waals surface area contributed by atoms with Crippen LogP contribution in [0.2, 0.25) is 0 Å². The van der Waals surface area contributed by atoms with Crippen LogP contribution in [0.4, 0.5) is 0 Å². The van der Waals surface area contributed by atoms with Gasteiger partial charge in [0.05, 0.1) is 0 Å². The van der Waals surface area contributed by atoms with Crippen LogP contribution in [-0.4, -0.2) is 62.2 Å². The summed E-state index contributed by atoms with van der Waals surface area (Å²) in [6.45, 7) is 12.3. The number of piperazine rings is 1. The highest BCUT2D eigenvalue weighted by atomic mass is 15.3. The highest BCUT2D eigenvalue weighted by Gasteiger charge is 2.31. The molecule has 0 amide bonds. The topological polar surface area (TPSA) is 18.5 Å². The van der Waals surface area contributed by atoms with Crippen LogP contribution >= 0.6 is 0 Å². The Morgan fingerprint density at radius 2 is 1.76 bits per heavy atom. The van der Waals surface area contributed by atoms with Gasteiger partial charge in [0, 0.05) is 45.8 Å². The molecule has 2 aliphatic heterocycles. The summed E-state index contributed by atoms with van der Waals surface area (Å²) in [4.78, 5) is 5.30. The van der Waals surface area contributed by atoms with Crippen molar-refractivity contribution in [3.8, 4) is 0 Å². The zero-order chi connectivity index (χ0) is 14.5. The second-order valence-electron chi connectivity index (χ2n) is 7.09. The van der Waals surface area contributed by atoms with E-state index < -0.39 is 0 Å². The van der Waals surface area contributed by atoms with Crippen molar-refractivity contribution in [1.29, 1.82) is 0 Å². The van der Waals surface area contributed by atoms with Gasteiger partial charge >= 0.3 is 0 Å². The normalized spacial score (nSPS) is 28.0. The van der Waals surface area contributed by atoms with Crippen LogP contribution in [0.5, 0.6) is 0 Å². The third-order valence-electron chi connectivity index (χ3n) is 5.09. The zero-order valence-corrected chi connectivity index (χ0v) is 13.4. The quantitative estimate of drug-likeness (QED) is 0.891. The molecule has 1 aromatic carbocycles. The molecule has 1 aromatic rings. The van der Waals surface area contributed by atoms with E-state index >= 15 is 0 Å². The molecular formula is C18H29N3. The molecule has 0 radical (unpaired) electrons. The molecule has 0 saturated carbocycles. The average Bonchev–Trinajstić information content (AvgIpc) is 2.94. The van der Waals surface area contributed by atoms with Gasteiger partial charge in [-0.2, -0.15) is 0 Å². The van der Waals surface area contributed by atoms with Crippen LogP contribution in [0.1, 0.15) is 18.9 Å². The summed E-state index contributed by atoms with van der Waals surface area (Å²) in [7, 11) is 0. The standard InChI is InChI=1S/C18H29N3/c1-18(8-9-19-15-18)16-21-13-11-20(12-14-21)10-7-17-5-3-2-4-6-17/h2-6,19H,7-16H2,1H3. The molecule has 2 aliphatic rings. The number of nitrogens with one attached hydrogen (secondary N) is 1. The molecule has 0 aromatic heterocycles. The van der Waals surface area contributed by atoms with Gasteiger partial charge in [0.2, 0.25) is 0 Å². The molecule has 0 aliphatic carbocycles. The number of benzene rings is 1. The first-order chi connectivity index (χ1) is 10.2. The lowest BCUT2D eigenvalue weighted by molar-refractivity contribution is 0.0978. The fraction of sp³-hybridized carbons (Fsp3) is 0.667. The van der Waals surface area contributed by atoms with Crippen molar-refractivity contribution in [2.75, 3.05) is 52.4 Å². The lowest BCUT2D eigenvalue weighted by Gasteiger charge is -2.38. The van der Waals surface area contributed by atoms with E-state index in [1.165, 1.54) is 70.8 Å². The first-order valence-corrected chi connectivity index (χ1v) is 8.43. The van der Waals surface area contributed by atoms with Crippen molar-refractivity contribution in [2.24, 2.45) is 5.41 Å². The summed E-state index contributed by atoms with van der Waals surface area (Å²) in [5.74, 6) is 0. The molecule has 116 valence electrons. The minimum absolute atomic E-state index is 0.506. The van der Waals surface area contributed by atoms with Gasteiger partial charge in [0.25, 0.3) is 0 Å². The summed E-state index contributed by atoms with van der Waals surface area (Å²) in [6, 6.07) is 10.9. The van der Waals surface area contributed by atoms with Crippen molar-refractivity contribution in [3.63, 3.8) is 0 Å². The zero-order valence-electron chi connectivity index (χ0n) is 13.4. The molecule has 2 fully saturated rings. The smallest absolute Gasteiger partial charge is 0.0110 e. The highest BCUT2D eigenvalue weighted by molar-refractivity contribution is 5.14. The SMILES string of the molecule is CC1(CN2CCN(CCc3ccccc3)CC2)CCNC1. The van der Waals surface area contributed by atoms with Gasteiger partial charge in [-0.15, -0.1) is 0 Å². The van der Waals surface area contributed by atoms with E-state index in [9.17, 15) is 0 Å². The number of hydrogen-bond donors (Lipinski definition) is 1. The Bertz CT molecular complexity index is 417. The largest absolute Gasteiger partial charge is 0.316 e. The third-order valence-corrected chi connectivity index (χ3v) is 5.09. The monoisotopic (exact) mass is 287 g/mol. The summed E-state index contributed by atoms with van der Waals surface area (Å²) < 4.78 is 0. The van der Waals surface area contributed by atoms with E-state index in [1.54, 1.807) is 0 Å². The van der Waals surface area contributed by atoms with E-state index in [1.807, 2.05) is 0 Å². The maximum absolute atomic E-state index is 3.51. The van der Waals surface area contributed by atoms with Crippen LogP contribution in [0, 0.1) is 5.41 Å². The van der Waals surface area contributed by atoms with Gasteiger partial charge < -0.3 is 15.1 Å². The molecule has 1 N–H and O–H groups in total. The maximum atomic E-state index is 3.51. The highest BCUT2D eigenvalue weighted by Crippen LogP contribution is 2.26. The van der Waals surface area contributed by atoms with Crippen molar-refractivity contribution >= 4 is 0 Å². The third kappa shape index (κ3) is 4.29. The molecule has 21 heavy (non-hydrogen) atoms. The molecule has 0 bridgehead atoms. The van der Waals surface area contributed by atoms with Crippen LogP contribution in [-0.2, 0) is 6.42 Å². The molecule has 1 unspecified atom stereocenters. The van der Waals surface area contributed by atoms with Gasteiger partial charge in [-0.25, -0.2) is 0 Å². The molecule has 3 heteroatoms. The molecule has 2 heterocycles. The van der Waals surface area contributed by atoms with E-state index in [0.717, 1.165) is 0 Å². The van der Waals surface area contributed by atoms with Crippen molar-refractivity contribution in [2.45, 2.75) is 19.8 Å². The Labute approximate surface area is 129 Å². The second kappa shape index (κ2) is 6.91. The molecular weight excluding hydrogens is 258 g/mol. The van der Waals surface area contributed by atoms with Gasteiger partial charge in [-0.05, 0) is 30.4 Å².